The summed E-state index contributed by atoms with van der Waals surface area (Å²) in [5.41, 5.74) is 9.88. The summed E-state index contributed by atoms with van der Waals surface area (Å²) >= 11 is 0. The fraction of sp³-hybridized carbons (Fsp3) is 0.318. The van der Waals surface area contributed by atoms with Gasteiger partial charge in [0.05, 0.1) is 31.2 Å². The van der Waals surface area contributed by atoms with Crippen LogP contribution in [0, 0.1) is 0 Å². The van der Waals surface area contributed by atoms with Gasteiger partial charge in [0, 0.05) is 32.3 Å². The molecule has 1 heterocycles. The molecule has 6 nitrogen and oxygen atoms in total. The number of nitrogens with zero attached hydrogens (tertiary/aromatic N) is 1. The number of amides is 1. The number of benzene rings is 2. The molecular formula is C22H27N3O3. The number of morpholine rings is 1. The monoisotopic (exact) mass is 381 g/mol. The molecule has 0 atom stereocenters. The summed E-state index contributed by atoms with van der Waals surface area (Å²) in [7, 11) is 1.64. The van der Waals surface area contributed by atoms with Crippen molar-refractivity contribution in [2.75, 3.05) is 51.1 Å². The zero-order valence-corrected chi connectivity index (χ0v) is 16.2. The largest absolute Gasteiger partial charge is 0.397 e. The van der Waals surface area contributed by atoms with Crippen LogP contribution < -0.4 is 11.1 Å². The second-order valence-electron chi connectivity index (χ2n) is 6.74. The van der Waals surface area contributed by atoms with Gasteiger partial charge in [0.2, 0.25) is 0 Å². The lowest BCUT2D eigenvalue weighted by Crippen LogP contribution is -2.35. The van der Waals surface area contributed by atoms with Gasteiger partial charge in [0.1, 0.15) is 0 Å². The maximum atomic E-state index is 12.6. The van der Waals surface area contributed by atoms with Crippen molar-refractivity contribution in [3.63, 3.8) is 0 Å². The molecule has 0 unspecified atom stereocenters. The number of nitrogen functional groups attached to an aromatic ring is 1. The number of hydrogen-bond donors (Lipinski definition) is 2. The van der Waals surface area contributed by atoms with Crippen LogP contribution in [0.3, 0.4) is 0 Å². The van der Waals surface area contributed by atoms with Crippen molar-refractivity contribution in [1.29, 1.82) is 0 Å². The predicted octanol–water partition coefficient (Wildman–Crippen LogP) is 3.01. The van der Waals surface area contributed by atoms with Crippen LogP contribution >= 0.6 is 0 Å². The van der Waals surface area contributed by atoms with Gasteiger partial charge in [-0.05, 0) is 35.4 Å². The normalized spacial score (nSPS) is 15.0. The molecule has 28 heavy (non-hydrogen) atoms. The van der Waals surface area contributed by atoms with Gasteiger partial charge >= 0.3 is 0 Å². The molecule has 0 aromatic heterocycles. The quantitative estimate of drug-likeness (QED) is 0.721. The van der Waals surface area contributed by atoms with Gasteiger partial charge in [-0.25, -0.2) is 0 Å². The standard InChI is InChI=1S/C22H27N3O3/c1-27-12-2-3-17-6-9-20(23)21(15-17)24-22(26)19-7-4-18(5-8-19)16-25-10-13-28-14-11-25/h2-9,15H,10-14,16,23H2,1H3,(H,24,26)/b3-2+. The average molecular weight is 381 g/mol. The van der Waals surface area contributed by atoms with Crippen molar-refractivity contribution in [3.05, 3.63) is 65.2 Å². The summed E-state index contributed by atoms with van der Waals surface area (Å²) in [6, 6.07) is 13.2. The van der Waals surface area contributed by atoms with Crippen LogP contribution in [0.2, 0.25) is 0 Å². The highest BCUT2D eigenvalue weighted by Crippen LogP contribution is 2.22. The molecule has 0 spiro atoms. The van der Waals surface area contributed by atoms with E-state index in [1.807, 2.05) is 48.6 Å². The van der Waals surface area contributed by atoms with E-state index in [-0.39, 0.29) is 5.91 Å². The Morgan fingerprint density at radius 2 is 1.96 bits per heavy atom. The van der Waals surface area contributed by atoms with E-state index in [2.05, 4.69) is 10.2 Å². The van der Waals surface area contributed by atoms with E-state index in [4.69, 9.17) is 15.2 Å². The fourth-order valence-corrected chi connectivity index (χ4v) is 3.04. The molecule has 1 amide bonds. The second kappa shape index (κ2) is 10.0. The summed E-state index contributed by atoms with van der Waals surface area (Å²) in [6.45, 7) is 4.84. The molecule has 0 aliphatic carbocycles. The summed E-state index contributed by atoms with van der Waals surface area (Å²) in [4.78, 5) is 15.0. The lowest BCUT2D eigenvalue weighted by molar-refractivity contribution is 0.0342. The molecule has 3 N–H and O–H groups in total. The molecule has 1 saturated heterocycles. The SMILES string of the molecule is COC/C=C/c1ccc(N)c(NC(=O)c2ccc(CN3CCOCC3)cc2)c1. The Hall–Kier alpha value is -2.67. The molecule has 0 radical (unpaired) electrons. The maximum absolute atomic E-state index is 12.6. The lowest BCUT2D eigenvalue weighted by Gasteiger charge is -2.26. The molecule has 1 aliphatic rings. The fourth-order valence-electron chi connectivity index (χ4n) is 3.04. The molecule has 1 fully saturated rings. The van der Waals surface area contributed by atoms with Crippen LogP contribution in [0.15, 0.2) is 48.5 Å². The Labute approximate surface area is 165 Å². The molecule has 148 valence electrons. The molecule has 0 bridgehead atoms. The van der Waals surface area contributed by atoms with E-state index in [9.17, 15) is 4.79 Å². The minimum atomic E-state index is -0.178. The Morgan fingerprint density at radius 3 is 2.68 bits per heavy atom. The first-order valence-corrected chi connectivity index (χ1v) is 9.41. The number of hydrogen-bond acceptors (Lipinski definition) is 5. The van der Waals surface area contributed by atoms with Crippen LogP contribution in [-0.4, -0.2) is 50.8 Å². The molecular weight excluding hydrogens is 354 g/mol. The van der Waals surface area contributed by atoms with E-state index in [0.717, 1.165) is 38.4 Å². The minimum absolute atomic E-state index is 0.178. The zero-order valence-electron chi connectivity index (χ0n) is 16.2. The first kappa shape index (κ1) is 20.1. The van der Waals surface area contributed by atoms with Crippen molar-refractivity contribution in [1.82, 2.24) is 4.90 Å². The number of methoxy groups -OCH3 is 1. The number of nitrogens with one attached hydrogen (secondary N) is 1. The van der Waals surface area contributed by atoms with Gasteiger partial charge in [-0.2, -0.15) is 0 Å². The van der Waals surface area contributed by atoms with Crippen molar-refractivity contribution in [2.24, 2.45) is 0 Å². The third-order valence-electron chi connectivity index (χ3n) is 4.62. The number of ether oxygens (including phenoxy) is 2. The molecule has 1 aliphatic heterocycles. The molecule has 2 aromatic rings. The number of carbonyl (C=O) groups is 1. The molecule has 0 saturated carbocycles. The Bertz CT molecular complexity index is 812. The summed E-state index contributed by atoms with van der Waals surface area (Å²) < 4.78 is 10.4. The van der Waals surface area contributed by atoms with Crippen molar-refractivity contribution >= 4 is 23.4 Å². The van der Waals surface area contributed by atoms with Crippen LogP contribution in [-0.2, 0) is 16.0 Å². The van der Waals surface area contributed by atoms with Gasteiger partial charge in [0.15, 0.2) is 0 Å². The highest BCUT2D eigenvalue weighted by molar-refractivity contribution is 6.05. The summed E-state index contributed by atoms with van der Waals surface area (Å²) in [5, 5.41) is 2.90. The predicted molar refractivity (Wildman–Crippen MR) is 112 cm³/mol. The van der Waals surface area contributed by atoms with E-state index < -0.39 is 0 Å². The number of carbonyl (C=O) groups excluding carboxylic acids is 1. The first-order valence-electron chi connectivity index (χ1n) is 9.41. The van der Waals surface area contributed by atoms with Gasteiger partial charge in [-0.15, -0.1) is 0 Å². The van der Waals surface area contributed by atoms with E-state index in [0.29, 0.717) is 23.5 Å². The number of rotatable bonds is 7. The first-order chi connectivity index (χ1) is 13.7. The molecule has 2 aromatic carbocycles. The van der Waals surface area contributed by atoms with Crippen molar-refractivity contribution in [2.45, 2.75) is 6.54 Å². The Morgan fingerprint density at radius 1 is 1.21 bits per heavy atom. The maximum Gasteiger partial charge on any atom is 0.255 e. The van der Waals surface area contributed by atoms with Crippen LogP contribution in [0.1, 0.15) is 21.5 Å². The zero-order chi connectivity index (χ0) is 19.8. The number of nitrogens with two attached hydrogens (primary N) is 1. The topological polar surface area (TPSA) is 76.8 Å². The average Bonchev–Trinajstić information content (AvgIpc) is 2.72. The van der Waals surface area contributed by atoms with Crippen LogP contribution in [0.5, 0.6) is 0 Å². The van der Waals surface area contributed by atoms with Gasteiger partial charge < -0.3 is 20.5 Å². The molecule has 3 rings (SSSR count). The third kappa shape index (κ3) is 5.66. The van der Waals surface area contributed by atoms with E-state index in [1.54, 1.807) is 13.2 Å². The van der Waals surface area contributed by atoms with E-state index in [1.165, 1.54) is 5.56 Å². The highest BCUT2D eigenvalue weighted by atomic mass is 16.5. The smallest absolute Gasteiger partial charge is 0.255 e. The lowest BCUT2D eigenvalue weighted by atomic mass is 10.1. The van der Waals surface area contributed by atoms with Gasteiger partial charge in [-0.3, -0.25) is 9.69 Å². The van der Waals surface area contributed by atoms with Crippen LogP contribution in [0.25, 0.3) is 6.08 Å². The highest BCUT2D eigenvalue weighted by Gasteiger charge is 2.12. The van der Waals surface area contributed by atoms with Gasteiger partial charge in [0.25, 0.3) is 5.91 Å². The minimum Gasteiger partial charge on any atom is -0.397 e. The van der Waals surface area contributed by atoms with Crippen molar-refractivity contribution in [3.8, 4) is 0 Å². The van der Waals surface area contributed by atoms with Crippen LogP contribution in [0.4, 0.5) is 11.4 Å². The Balaban J connectivity index is 1.63. The Kier molecular flexibility index (Phi) is 7.19. The molecule has 6 heteroatoms. The summed E-state index contributed by atoms with van der Waals surface area (Å²) in [5.74, 6) is -0.178. The van der Waals surface area contributed by atoms with Crippen molar-refractivity contribution < 1.29 is 14.3 Å². The second-order valence-corrected chi connectivity index (χ2v) is 6.74. The van der Waals surface area contributed by atoms with Gasteiger partial charge in [-0.1, -0.05) is 30.4 Å². The third-order valence-corrected chi connectivity index (χ3v) is 4.62. The summed E-state index contributed by atoms with van der Waals surface area (Å²) in [6.07, 6.45) is 3.84. The number of anilines is 2. The van der Waals surface area contributed by atoms with E-state index >= 15 is 0 Å².